The lowest BCUT2D eigenvalue weighted by molar-refractivity contribution is 0.00616. The van der Waals surface area contributed by atoms with Crippen LogP contribution in [0.5, 0.6) is 0 Å². The molecule has 3 unspecified atom stereocenters. The number of carbonyl (C=O) groups excluding carboxylic acids is 1. The second kappa shape index (κ2) is 8.85. The molecule has 1 aliphatic carbocycles. The average molecular weight is 330 g/mol. The molecule has 0 aliphatic heterocycles. The van der Waals surface area contributed by atoms with Gasteiger partial charge in [-0.25, -0.2) is 4.79 Å². The van der Waals surface area contributed by atoms with Crippen molar-refractivity contribution in [1.82, 2.24) is 10.2 Å². The standard InChI is InChI=1S/C17H34N2O4/c1-12(2)19(9-10-22-6)15-11-13(20)7-8-14(15)18-16(21)23-17(3,4)5/h12-15,20H,7-11H2,1-6H3,(H,18,21). The molecule has 0 aromatic rings. The van der Waals surface area contributed by atoms with E-state index in [2.05, 4.69) is 24.1 Å². The molecule has 0 aromatic heterocycles. The summed E-state index contributed by atoms with van der Waals surface area (Å²) < 4.78 is 10.6. The lowest BCUT2D eigenvalue weighted by atomic mass is 9.86. The fourth-order valence-electron chi connectivity index (χ4n) is 3.12. The van der Waals surface area contributed by atoms with Gasteiger partial charge in [-0.1, -0.05) is 0 Å². The number of carbonyl (C=O) groups is 1. The predicted molar refractivity (Wildman–Crippen MR) is 90.5 cm³/mol. The second-order valence-electron chi connectivity index (χ2n) is 7.61. The number of aliphatic hydroxyl groups is 1. The molecule has 0 spiro atoms. The van der Waals surface area contributed by atoms with Gasteiger partial charge < -0.3 is 19.9 Å². The highest BCUT2D eigenvalue weighted by Crippen LogP contribution is 2.25. The molecule has 6 nitrogen and oxygen atoms in total. The molecule has 0 radical (unpaired) electrons. The smallest absolute Gasteiger partial charge is 0.407 e. The third-order valence-corrected chi connectivity index (χ3v) is 4.13. The molecular formula is C17H34N2O4. The van der Waals surface area contributed by atoms with Crippen LogP contribution in [0.15, 0.2) is 0 Å². The molecule has 0 bridgehead atoms. The van der Waals surface area contributed by atoms with Gasteiger partial charge in [-0.2, -0.15) is 0 Å². The van der Waals surface area contributed by atoms with Crippen molar-refractivity contribution < 1.29 is 19.4 Å². The van der Waals surface area contributed by atoms with Crippen molar-refractivity contribution in [1.29, 1.82) is 0 Å². The summed E-state index contributed by atoms with van der Waals surface area (Å²) in [6, 6.07) is 0.373. The lowest BCUT2D eigenvalue weighted by Gasteiger charge is -2.43. The van der Waals surface area contributed by atoms with Crippen LogP contribution in [-0.2, 0) is 9.47 Å². The minimum Gasteiger partial charge on any atom is -0.444 e. The number of nitrogens with zero attached hydrogens (tertiary/aromatic N) is 1. The molecule has 1 fully saturated rings. The first-order chi connectivity index (χ1) is 10.6. The van der Waals surface area contributed by atoms with E-state index in [1.807, 2.05) is 20.8 Å². The quantitative estimate of drug-likeness (QED) is 0.781. The van der Waals surface area contributed by atoms with Crippen LogP contribution in [0.4, 0.5) is 4.79 Å². The van der Waals surface area contributed by atoms with E-state index in [0.29, 0.717) is 25.5 Å². The third-order valence-electron chi connectivity index (χ3n) is 4.13. The van der Waals surface area contributed by atoms with Gasteiger partial charge in [0.2, 0.25) is 0 Å². The number of nitrogens with one attached hydrogen (secondary N) is 1. The maximum absolute atomic E-state index is 12.1. The fourth-order valence-corrected chi connectivity index (χ4v) is 3.12. The minimum atomic E-state index is -0.512. The highest BCUT2D eigenvalue weighted by Gasteiger charge is 2.36. The van der Waals surface area contributed by atoms with Gasteiger partial charge in [-0.15, -0.1) is 0 Å². The van der Waals surface area contributed by atoms with E-state index < -0.39 is 5.60 Å². The zero-order valence-corrected chi connectivity index (χ0v) is 15.5. The highest BCUT2D eigenvalue weighted by atomic mass is 16.6. The summed E-state index contributed by atoms with van der Waals surface area (Å²) in [6.45, 7) is 11.2. The Kier molecular flexibility index (Phi) is 7.77. The van der Waals surface area contributed by atoms with Crippen LogP contribution in [0.3, 0.4) is 0 Å². The molecule has 0 saturated heterocycles. The number of hydrogen-bond acceptors (Lipinski definition) is 5. The van der Waals surface area contributed by atoms with Crippen LogP contribution in [0, 0.1) is 0 Å². The fraction of sp³-hybridized carbons (Fsp3) is 0.941. The maximum Gasteiger partial charge on any atom is 0.407 e. The van der Waals surface area contributed by atoms with Crippen LogP contribution in [-0.4, -0.2) is 66.2 Å². The van der Waals surface area contributed by atoms with Crippen LogP contribution in [0.2, 0.25) is 0 Å². The van der Waals surface area contributed by atoms with Crippen molar-refractivity contribution in [3.8, 4) is 0 Å². The van der Waals surface area contributed by atoms with E-state index in [0.717, 1.165) is 13.0 Å². The zero-order valence-electron chi connectivity index (χ0n) is 15.5. The Balaban J connectivity index is 2.78. The van der Waals surface area contributed by atoms with Crippen molar-refractivity contribution in [2.75, 3.05) is 20.3 Å². The third kappa shape index (κ3) is 7.06. The SMILES string of the molecule is COCCN(C(C)C)C1CC(O)CCC1NC(=O)OC(C)(C)C. The molecule has 3 atom stereocenters. The number of rotatable bonds is 6. The van der Waals surface area contributed by atoms with Crippen molar-refractivity contribution in [2.24, 2.45) is 0 Å². The number of ether oxygens (including phenoxy) is 2. The molecule has 1 aliphatic rings. The summed E-state index contributed by atoms with van der Waals surface area (Å²) in [5, 5.41) is 13.1. The van der Waals surface area contributed by atoms with E-state index in [-0.39, 0.29) is 24.3 Å². The van der Waals surface area contributed by atoms with Gasteiger partial charge in [0.15, 0.2) is 0 Å². The van der Waals surface area contributed by atoms with Crippen LogP contribution in [0.1, 0.15) is 53.9 Å². The first kappa shape index (κ1) is 20.2. The molecular weight excluding hydrogens is 296 g/mol. The van der Waals surface area contributed by atoms with Gasteiger partial charge in [0, 0.05) is 31.8 Å². The van der Waals surface area contributed by atoms with Gasteiger partial charge in [0.1, 0.15) is 5.60 Å². The van der Waals surface area contributed by atoms with Crippen molar-refractivity contribution in [2.45, 2.75) is 83.7 Å². The minimum absolute atomic E-state index is 0.0208. The van der Waals surface area contributed by atoms with E-state index in [1.54, 1.807) is 7.11 Å². The predicted octanol–water partition coefficient (Wildman–Crippen LogP) is 2.15. The molecule has 1 amide bonds. The average Bonchev–Trinajstić information content (AvgIpc) is 2.39. The zero-order chi connectivity index (χ0) is 17.6. The summed E-state index contributed by atoms with van der Waals surface area (Å²) in [5.74, 6) is 0. The Labute approximate surface area is 140 Å². The summed E-state index contributed by atoms with van der Waals surface area (Å²) >= 11 is 0. The molecule has 1 rings (SSSR count). The molecule has 6 heteroatoms. The number of amides is 1. The van der Waals surface area contributed by atoms with E-state index in [9.17, 15) is 9.90 Å². The Morgan fingerprint density at radius 2 is 2.00 bits per heavy atom. The van der Waals surface area contributed by atoms with E-state index in [4.69, 9.17) is 9.47 Å². The van der Waals surface area contributed by atoms with Gasteiger partial charge in [-0.3, -0.25) is 4.90 Å². The van der Waals surface area contributed by atoms with Crippen LogP contribution < -0.4 is 5.32 Å². The van der Waals surface area contributed by atoms with Gasteiger partial charge in [0.25, 0.3) is 0 Å². The number of aliphatic hydroxyl groups excluding tert-OH is 1. The van der Waals surface area contributed by atoms with E-state index in [1.165, 1.54) is 0 Å². The van der Waals surface area contributed by atoms with Crippen molar-refractivity contribution >= 4 is 6.09 Å². The van der Waals surface area contributed by atoms with Gasteiger partial charge in [0.05, 0.1) is 12.7 Å². The first-order valence-electron chi connectivity index (χ1n) is 8.56. The molecule has 0 aromatic carbocycles. The highest BCUT2D eigenvalue weighted by molar-refractivity contribution is 5.68. The lowest BCUT2D eigenvalue weighted by Crippen LogP contribution is -2.58. The number of alkyl carbamates (subject to hydrolysis) is 1. The topological polar surface area (TPSA) is 71.0 Å². The molecule has 23 heavy (non-hydrogen) atoms. The van der Waals surface area contributed by atoms with Crippen LogP contribution >= 0.6 is 0 Å². The van der Waals surface area contributed by atoms with Crippen molar-refractivity contribution in [3.63, 3.8) is 0 Å². The molecule has 0 heterocycles. The number of methoxy groups -OCH3 is 1. The maximum atomic E-state index is 12.1. The second-order valence-corrected chi connectivity index (χ2v) is 7.61. The Morgan fingerprint density at radius 3 is 2.52 bits per heavy atom. The Hall–Kier alpha value is -0.850. The summed E-state index contributed by atoms with van der Waals surface area (Å²) in [6.07, 6.45) is 1.40. The van der Waals surface area contributed by atoms with Gasteiger partial charge >= 0.3 is 6.09 Å². The Morgan fingerprint density at radius 1 is 1.35 bits per heavy atom. The molecule has 1 saturated carbocycles. The molecule has 2 N–H and O–H groups in total. The summed E-state index contributed by atoms with van der Waals surface area (Å²) in [4.78, 5) is 14.4. The van der Waals surface area contributed by atoms with E-state index >= 15 is 0 Å². The van der Waals surface area contributed by atoms with Crippen molar-refractivity contribution in [3.05, 3.63) is 0 Å². The Bertz CT molecular complexity index is 368. The van der Waals surface area contributed by atoms with Gasteiger partial charge in [-0.05, 0) is 53.9 Å². The summed E-state index contributed by atoms with van der Waals surface area (Å²) in [7, 11) is 1.69. The largest absolute Gasteiger partial charge is 0.444 e. The first-order valence-corrected chi connectivity index (χ1v) is 8.56. The van der Waals surface area contributed by atoms with Crippen LogP contribution in [0.25, 0.3) is 0 Å². The normalized spacial score (nSPS) is 25.7. The summed E-state index contributed by atoms with van der Waals surface area (Å²) in [5.41, 5.74) is -0.512. The molecule has 136 valence electrons. The monoisotopic (exact) mass is 330 g/mol. The number of hydrogen-bond donors (Lipinski definition) is 2.